The van der Waals surface area contributed by atoms with E-state index >= 15 is 0 Å². The van der Waals surface area contributed by atoms with Gasteiger partial charge in [-0.25, -0.2) is 0 Å². The predicted octanol–water partition coefficient (Wildman–Crippen LogP) is 3.20. The zero-order valence-electron chi connectivity index (χ0n) is 13.0. The molecule has 2 aromatic heterocycles. The minimum atomic E-state index is 0.0404. The van der Waals surface area contributed by atoms with Gasteiger partial charge in [-0.2, -0.15) is 0 Å². The number of thiazole rings is 1. The molecule has 0 unspecified atom stereocenters. The van der Waals surface area contributed by atoms with Crippen molar-refractivity contribution < 1.29 is 4.52 Å². The lowest BCUT2D eigenvalue weighted by molar-refractivity contribution is 0.392. The number of fused-ring (bicyclic) bond motifs is 1. The molecule has 0 saturated heterocycles. The smallest absolute Gasteiger partial charge is 0.307 e. The van der Waals surface area contributed by atoms with E-state index in [-0.39, 0.29) is 4.87 Å². The van der Waals surface area contributed by atoms with E-state index in [1.165, 1.54) is 22.6 Å². The zero-order valence-corrected chi connectivity index (χ0v) is 13.9. The molecule has 3 aromatic rings. The van der Waals surface area contributed by atoms with E-state index in [1.54, 1.807) is 4.57 Å². The maximum absolute atomic E-state index is 12.3. The zero-order chi connectivity index (χ0) is 16.0. The van der Waals surface area contributed by atoms with Crippen molar-refractivity contribution in [1.29, 1.82) is 0 Å². The third-order valence-corrected chi connectivity index (χ3v) is 5.15. The summed E-state index contributed by atoms with van der Waals surface area (Å²) in [4.78, 5) is 12.4. The quantitative estimate of drug-likeness (QED) is 0.802. The monoisotopic (exact) mass is 327 g/mol. The van der Waals surface area contributed by atoms with Gasteiger partial charge in [0, 0.05) is 23.2 Å². The van der Waals surface area contributed by atoms with Gasteiger partial charge in [0.15, 0.2) is 0 Å². The van der Waals surface area contributed by atoms with E-state index in [0.29, 0.717) is 6.54 Å². The van der Waals surface area contributed by atoms with Gasteiger partial charge in [0.1, 0.15) is 5.76 Å². The van der Waals surface area contributed by atoms with Crippen molar-refractivity contribution in [3.05, 3.63) is 55.8 Å². The third-order valence-electron chi connectivity index (χ3n) is 4.39. The van der Waals surface area contributed by atoms with Gasteiger partial charge in [-0.1, -0.05) is 22.6 Å². The molecule has 5 nitrogen and oxygen atoms in total. The number of rotatable bonds is 3. The molecular formula is C17H17N3O2S. The molecule has 0 aliphatic carbocycles. The molecule has 0 amide bonds. The molecule has 4 rings (SSSR count). The molecule has 3 heterocycles. The second kappa shape index (κ2) is 5.38. The second-order valence-electron chi connectivity index (χ2n) is 5.82. The van der Waals surface area contributed by atoms with Gasteiger partial charge in [-0.3, -0.25) is 9.36 Å². The Morgan fingerprint density at radius 2 is 2.26 bits per heavy atom. The average molecular weight is 327 g/mol. The summed E-state index contributed by atoms with van der Waals surface area (Å²) in [5.74, 6) is 0.768. The van der Waals surface area contributed by atoms with E-state index in [1.807, 2.05) is 19.2 Å². The van der Waals surface area contributed by atoms with Crippen molar-refractivity contribution in [3.63, 3.8) is 0 Å². The molecule has 0 fully saturated rings. The van der Waals surface area contributed by atoms with Crippen LogP contribution in [0.15, 0.2) is 32.9 Å². The number of hydrogen-bond acceptors (Lipinski definition) is 5. The highest BCUT2D eigenvalue weighted by molar-refractivity contribution is 7.07. The van der Waals surface area contributed by atoms with Crippen LogP contribution >= 0.6 is 11.3 Å². The Labute approximate surface area is 137 Å². The Morgan fingerprint density at radius 3 is 3.04 bits per heavy atom. The summed E-state index contributed by atoms with van der Waals surface area (Å²) in [6, 6.07) is 6.35. The third kappa shape index (κ3) is 2.39. The number of nitrogens with zero attached hydrogens (tertiary/aromatic N) is 2. The Hall–Kier alpha value is -2.34. The molecule has 1 aliphatic heterocycles. The summed E-state index contributed by atoms with van der Waals surface area (Å²) in [5.41, 5.74) is 6.36. The van der Waals surface area contributed by atoms with Crippen LogP contribution in [0.5, 0.6) is 0 Å². The Balaban J connectivity index is 1.78. The molecule has 23 heavy (non-hydrogen) atoms. The lowest BCUT2D eigenvalue weighted by Crippen LogP contribution is -2.16. The fraction of sp³-hybridized carbons (Fsp3) is 0.294. The highest BCUT2D eigenvalue weighted by Crippen LogP contribution is 2.29. The highest BCUT2D eigenvalue weighted by atomic mass is 32.1. The second-order valence-corrected chi connectivity index (χ2v) is 6.65. The molecule has 0 spiro atoms. The van der Waals surface area contributed by atoms with Gasteiger partial charge in [-0.15, -0.1) is 0 Å². The molecule has 6 heteroatoms. The minimum absolute atomic E-state index is 0.0404. The Morgan fingerprint density at radius 1 is 1.39 bits per heavy atom. The molecule has 1 aromatic carbocycles. The summed E-state index contributed by atoms with van der Waals surface area (Å²) in [6.07, 6.45) is 1.03. The summed E-state index contributed by atoms with van der Waals surface area (Å²) >= 11 is 1.23. The van der Waals surface area contributed by atoms with Gasteiger partial charge in [0.2, 0.25) is 0 Å². The van der Waals surface area contributed by atoms with Crippen molar-refractivity contribution in [3.8, 4) is 11.3 Å². The Bertz CT molecular complexity index is 916. The first-order chi connectivity index (χ1) is 11.1. The van der Waals surface area contributed by atoms with Gasteiger partial charge >= 0.3 is 4.87 Å². The first-order valence-corrected chi connectivity index (χ1v) is 8.48. The first-order valence-electron chi connectivity index (χ1n) is 7.61. The molecule has 0 bridgehead atoms. The number of nitrogens with one attached hydrogen (secondary N) is 1. The van der Waals surface area contributed by atoms with Crippen molar-refractivity contribution in [2.45, 2.75) is 26.8 Å². The normalized spacial score (nSPS) is 13.1. The van der Waals surface area contributed by atoms with Crippen molar-refractivity contribution in [1.82, 2.24) is 9.72 Å². The first kappa shape index (κ1) is 14.3. The largest absolute Gasteiger partial charge is 0.384 e. The van der Waals surface area contributed by atoms with Crippen LogP contribution in [0.2, 0.25) is 0 Å². The molecule has 0 radical (unpaired) electrons. The van der Waals surface area contributed by atoms with Crippen LogP contribution in [0.25, 0.3) is 11.3 Å². The molecular weight excluding hydrogens is 310 g/mol. The number of anilines is 1. The molecule has 1 aliphatic rings. The number of aryl methyl sites for hydroxylation is 2. The van der Waals surface area contributed by atoms with Crippen LogP contribution in [-0.2, 0) is 13.0 Å². The maximum Gasteiger partial charge on any atom is 0.307 e. The Kier molecular flexibility index (Phi) is 3.34. The summed E-state index contributed by atoms with van der Waals surface area (Å²) in [6.45, 7) is 5.26. The fourth-order valence-corrected chi connectivity index (χ4v) is 3.82. The van der Waals surface area contributed by atoms with E-state index < -0.39 is 0 Å². The van der Waals surface area contributed by atoms with Crippen LogP contribution in [0, 0.1) is 13.8 Å². The van der Waals surface area contributed by atoms with Gasteiger partial charge in [0.25, 0.3) is 0 Å². The van der Waals surface area contributed by atoms with Crippen LogP contribution in [0.3, 0.4) is 0 Å². The minimum Gasteiger partial charge on any atom is -0.384 e. The van der Waals surface area contributed by atoms with Crippen LogP contribution in [0.4, 0.5) is 5.69 Å². The molecule has 0 saturated carbocycles. The summed E-state index contributed by atoms with van der Waals surface area (Å²) in [7, 11) is 0. The summed E-state index contributed by atoms with van der Waals surface area (Å²) < 4.78 is 7.03. The van der Waals surface area contributed by atoms with Crippen LogP contribution in [0.1, 0.15) is 22.6 Å². The number of benzene rings is 1. The van der Waals surface area contributed by atoms with E-state index in [0.717, 1.165) is 41.2 Å². The maximum atomic E-state index is 12.3. The summed E-state index contributed by atoms with van der Waals surface area (Å²) in [5, 5.41) is 9.28. The van der Waals surface area contributed by atoms with Crippen LogP contribution in [-0.4, -0.2) is 16.3 Å². The van der Waals surface area contributed by atoms with Crippen molar-refractivity contribution >= 4 is 17.0 Å². The van der Waals surface area contributed by atoms with E-state index in [9.17, 15) is 4.79 Å². The fourth-order valence-electron chi connectivity index (χ4n) is 3.06. The van der Waals surface area contributed by atoms with Gasteiger partial charge in [0.05, 0.1) is 17.9 Å². The molecule has 118 valence electrons. The lowest BCUT2D eigenvalue weighted by atomic mass is 10.1. The standard InChI is InChI=1S/C17H17N3O2S/c1-10-14(11(2)22-19-10)8-20-16(9-23-17(20)21)13-3-4-15-12(7-13)5-6-18-15/h3-4,7,9,18H,5-6,8H2,1-2H3. The van der Waals surface area contributed by atoms with Gasteiger partial charge < -0.3 is 9.84 Å². The number of hydrogen-bond donors (Lipinski definition) is 1. The van der Waals surface area contributed by atoms with Crippen molar-refractivity contribution in [2.75, 3.05) is 11.9 Å². The molecule has 1 N–H and O–H groups in total. The van der Waals surface area contributed by atoms with E-state index in [2.05, 4.69) is 28.7 Å². The van der Waals surface area contributed by atoms with Crippen LogP contribution < -0.4 is 10.2 Å². The van der Waals surface area contributed by atoms with Crippen molar-refractivity contribution in [2.24, 2.45) is 0 Å². The predicted molar refractivity (Wildman–Crippen MR) is 91.3 cm³/mol. The molecule has 0 atom stereocenters. The average Bonchev–Trinajstić information content (AvgIpc) is 3.23. The topological polar surface area (TPSA) is 60.1 Å². The number of aromatic nitrogens is 2. The van der Waals surface area contributed by atoms with Gasteiger partial charge in [-0.05, 0) is 43.5 Å². The lowest BCUT2D eigenvalue weighted by Gasteiger charge is -2.09. The van der Waals surface area contributed by atoms with E-state index in [4.69, 9.17) is 4.52 Å². The highest BCUT2D eigenvalue weighted by Gasteiger charge is 2.17. The SMILES string of the molecule is Cc1noc(C)c1Cn1c(-c2ccc3c(c2)CCN3)csc1=O.